The molecule has 0 aromatic heterocycles. The minimum Gasteiger partial charge on any atom is -0.481 e. The highest BCUT2D eigenvalue weighted by Gasteiger charge is 2.15. The summed E-state index contributed by atoms with van der Waals surface area (Å²) in [5.74, 6) is -1.19. The molecule has 0 amide bonds. The van der Waals surface area contributed by atoms with Gasteiger partial charge in [-0.25, -0.2) is 0 Å². The molecule has 0 aliphatic carbocycles. The van der Waals surface area contributed by atoms with Gasteiger partial charge in [-0.2, -0.15) is 0 Å². The van der Waals surface area contributed by atoms with Crippen LogP contribution in [-0.4, -0.2) is 17.1 Å². The van der Waals surface area contributed by atoms with Gasteiger partial charge in [0.15, 0.2) is 0 Å². The van der Waals surface area contributed by atoms with Crippen molar-refractivity contribution in [3.8, 4) is 11.1 Å². The average molecular weight is 320 g/mol. The van der Waals surface area contributed by atoms with E-state index in [1.807, 2.05) is 18.2 Å². The lowest BCUT2D eigenvalue weighted by molar-refractivity contribution is -0.141. The van der Waals surface area contributed by atoms with Gasteiger partial charge in [0.2, 0.25) is 0 Å². The molecular weight excluding hydrogens is 298 g/mol. The second-order valence-corrected chi connectivity index (χ2v) is 5.50. The molecule has 0 aliphatic heterocycles. The van der Waals surface area contributed by atoms with Crippen LogP contribution in [-0.2, 0) is 11.2 Å². The molecule has 3 N–H and O–H groups in total. The molecule has 0 spiro atoms. The number of carboxylic acids is 1. The topological polar surface area (TPSA) is 63.3 Å². The van der Waals surface area contributed by atoms with E-state index in [-0.39, 0.29) is 18.4 Å². The van der Waals surface area contributed by atoms with Crippen LogP contribution in [0.1, 0.15) is 18.9 Å². The zero-order valence-electron chi connectivity index (χ0n) is 12.6. The van der Waals surface area contributed by atoms with E-state index in [9.17, 15) is 4.79 Å². The Bertz CT molecular complexity index is 584. The van der Waals surface area contributed by atoms with E-state index in [4.69, 9.17) is 10.8 Å². The summed E-state index contributed by atoms with van der Waals surface area (Å²) in [6, 6.07) is 18.4. The van der Waals surface area contributed by atoms with Crippen molar-refractivity contribution in [1.82, 2.24) is 0 Å². The lowest BCUT2D eigenvalue weighted by Crippen LogP contribution is -2.28. The minimum atomic E-state index is -0.787. The van der Waals surface area contributed by atoms with Crippen LogP contribution >= 0.6 is 12.4 Å². The Morgan fingerprint density at radius 2 is 1.59 bits per heavy atom. The largest absolute Gasteiger partial charge is 0.481 e. The van der Waals surface area contributed by atoms with Gasteiger partial charge in [0.25, 0.3) is 0 Å². The number of rotatable bonds is 6. The summed E-state index contributed by atoms with van der Waals surface area (Å²) in [7, 11) is 0. The van der Waals surface area contributed by atoms with Crippen LogP contribution in [0.3, 0.4) is 0 Å². The van der Waals surface area contributed by atoms with Gasteiger partial charge in [-0.15, -0.1) is 12.4 Å². The van der Waals surface area contributed by atoms with Crippen LogP contribution < -0.4 is 5.73 Å². The van der Waals surface area contributed by atoms with Gasteiger partial charge < -0.3 is 10.8 Å². The lowest BCUT2D eigenvalue weighted by Gasteiger charge is -2.14. The van der Waals surface area contributed by atoms with Crippen molar-refractivity contribution in [3.63, 3.8) is 0 Å². The van der Waals surface area contributed by atoms with Crippen LogP contribution in [0, 0.1) is 5.92 Å². The van der Waals surface area contributed by atoms with Gasteiger partial charge in [-0.3, -0.25) is 4.79 Å². The number of benzene rings is 2. The Labute approximate surface area is 137 Å². The van der Waals surface area contributed by atoms with Gasteiger partial charge in [-0.05, 0) is 29.5 Å². The van der Waals surface area contributed by atoms with Crippen molar-refractivity contribution in [2.24, 2.45) is 11.7 Å². The lowest BCUT2D eigenvalue weighted by atomic mass is 9.96. The molecule has 2 atom stereocenters. The third-order valence-corrected chi connectivity index (χ3v) is 3.64. The number of nitrogens with two attached hydrogens (primary N) is 1. The molecule has 0 fully saturated rings. The average Bonchev–Trinajstić information content (AvgIpc) is 2.48. The number of halogens is 1. The van der Waals surface area contributed by atoms with E-state index in [1.165, 1.54) is 11.1 Å². The van der Waals surface area contributed by atoms with Crippen LogP contribution in [0.15, 0.2) is 54.6 Å². The molecule has 22 heavy (non-hydrogen) atoms. The smallest absolute Gasteiger partial charge is 0.306 e. The fourth-order valence-electron chi connectivity index (χ4n) is 2.40. The Balaban J connectivity index is 0.00000242. The molecule has 0 unspecified atom stereocenters. The van der Waals surface area contributed by atoms with E-state index >= 15 is 0 Å². The summed E-state index contributed by atoms with van der Waals surface area (Å²) in [5, 5.41) is 8.90. The van der Waals surface area contributed by atoms with Gasteiger partial charge in [0.1, 0.15) is 0 Å². The number of carboxylic acid groups (broad SMARTS) is 1. The molecule has 0 bridgehead atoms. The predicted octanol–water partition coefficient (Wildman–Crippen LogP) is 3.76. The van der Waals surface area contributed by atoms with Gasteiger partial charge >= 0.3 is 5.97 Å². The van der Waals surface area contributed by atoms with Crippen molar-refractivity contribution >= 4 is 18.4 Å². The summed E-state index contributed by atoms with van der Waals surface area (Å²) < 4.78 is 0. The highest BCUT2D eigenvalue weighted by atomic mass is 35.5. The molecule has 0 radical (unpaired) electrons. The normalized spacial score (nSPS) is 13.0. The van der Waals surface area contributed by atoms with Crippen molar-refractivity contribution in [2.75, 3.05) is 0 Å². The zero-order valence-corrected chi connectivity index (χ0v) is 13.4. The van der Waals surface area contributed by atoms with E-state index in [0.29, 0.717) is 12.8 Å². The van der Waals surface area contributed by atoms with Gasteiger partial charge in [0, 0.05) is 6.04 Å². The van der Waals surface area contributed by atoms with Crippen molar-refractivity contribution < 1.29 is 9.90 Å². The SMILES string of the molecule is C[C@@H](C[C@H](N)Cc1ccc(-c2ccccc2)cc1)C(=O)O.Cl. The Morgan fingerprint density at radius 1 is 1.05 bits per heavy atom. The van der Waals surface area contributed by atoms with E-state index in [2.05, 4.69) is 36.4 Å². The van der Waals surface area contributed by atoms with E-state index in [0.717, 1.165) is 5.56 Å². The zero-order chi connectivity index (χ0) is 15.2. The standard InChI is InChI=1S/C18H21NO2.ClH/c1-13(18(20)21)11-17(19)12-14-7-9-16(10-8-14)15-5-3-2-4-6-15;/h2-10,13,17H,11-12,19H2,1H3,(H,20,21);1H/t13-,17-;/m0./s1. The monoisotopic (exact) mass is 319 g/mol. The Morgan fingerprint density at radius 3 is 2.14 bits per heavy atom. The molecule has 0 saturated carbocycles. The second kappa shape index (κ2) is 8.57. The Kier molecular flexibility index (Phi) is 7.09. The summed E-state index contributed by atoms with van der Waals surface area (Å²) in [5.41, 5.74) is 9.53. The molecule has 0 saturated heterocycles. The molecule has 0 aliphatic rings. The molecule has 2 aromatic rings. The maximum absolute atomic E-state index is 10.8. The summed E-state index contributed by atoms with van der Waals surface area (Å²) >= 11 is 0. The highest BCUT2D eigenvalue weighted by Crippen LogP contribution is 2.20. The molecule has 4 heteroatoms. The van der Waals surface area contributed by atoms with Crippen molar-refractivity contribution in [2.45, 2.75) is 25.8 Å². The number of hydrogen-bond acceptors (Lipinski definition) is 2. The summed E-state index contributed by atoms with van der Waals surface area (Å²) in [6.07, 6.45) is 1.20. The van der Waals surface area contributed by atoms with Crippen LogP contribution in [0.4, 0.5) is 0 Å². The van der Waals surface area contributed by atoms with Crippen molar-refractivity contribution in [1.29, 1.82) is 0 Å². The summed E-state index contributed by atoms with van der Waals surface area (Å²) in [6.45, 7) is 1.70. The third kappa shape index (κ3) is 5.17. The molecule has 2 aromatic carbocycles. The van der Waals surface area contributed by atoms with Gasteiger partial charge in [0.05, 0.1) is 5.92 Å². The number of hydrogen-bond donors (Lipinski definition) is 2. The van der Waals surface area contributed by atoms with Crippen LogP contribution in [0.5, 0.6) is 0 Å². The van der Waals surface area contributed by atoms with Gasteiger partial charge in [-0.1, -0.05) is 61.5 Å². The minimum absolute atomic E-state index is 0. The first kappa shape index (κ1) is 18.2. The first-order chi connectivity index (χ1) is 10.1. The highest BCUT2D eigenvalue weighted by molar-refractivity contribution is 5.85. The maximum Gasteiger partial charge on any atom is 0.306 e. The fourth-order valence-corrected chi connectivity index (χ4v) is 2.40. The van der Waals surface area contributed by atoms with E-state index in [1.54, 1.807) is 6.92 Å². The molecule has 3 nitrogen and oxygen atoms in total. The number of aliphatic carboxylic acids is 1. The van der Waals surface area contributed by atoms with Crippen LogP contribution in [0.25, 0.3) is 11.1 Å². The molecule has 2 rings (SSSR count). The quantitative estimate of drug-likeness (QED) is 0.852. The second-order valence-electron chi connectivity index (χ2n) is 5.50. The molecule has 118 valence electrons. The van der Waals surface area contributed by atoms with E-state index < -0.39 is 11.9 Å². The Hall–Kier alpha value is -1.84. The first-order valence-electron chi connectivity index (χ1n) is 7.19. The maximum atomic E-state index is 10.8. The molecule has 0 heterocycles. The number of carbonyl (C=O) groups is 1. The summed E-state index contributed by atoms with van der Waals surface area (Å²) in [4.78, 5) is 10.8. The first-order valence-corrected chi connectivity index (χ1v) is 7.19. The fraction of sp³-hybridized carbons (Fsp3) is 0.278. The van der Waals surface area contributed by atoms with Crippen molar-refractivity contribution in [3.05, 3.63) is 60.2 Å². The third-order valence-electron chi connectivity index (χ3n) is 3.64. The van der Waals surface area contributed by atoms with Crippen LogP contribution in [0.2, 0.25) is 0 Å². The molecular formula is C18H22ClNO2. The predicted molar refractivity (Wildman–Crippen MR) is 92.2 cm³/mol.